The van der Waals surface area contributed by atoms with Gasteiger partial charge in [0.25, 0.3) is 5.91 Å². The number of carbonyl (C=O) groups is 3. The number of rotatable bonds is 6. The van der Waals surface area contributed by atoms with Crippen molar-refractivity contribution in [3.05, 3.63) is 71.1 Å². The van der Waals surface area contributed by atoms with Gasteiger partial charge in [-0.25, -0.2) is 4.79 Å². The quantitative estimate of drug-likeness (QED) is 0.466. The lowest BCUT2D eigenvalue weighted by atomic mass is 9.91. The molecule has 0 bridgehead atoms. The molecule has 0 aliphatic carbocycles. The van der Waals surface area contributed by atoms with E-state index in [1.807, 2.05) is 24.5 Å². The molecule has 0 spiro atoms. The number of hydrogen-bond donors (Lipinski definition) is 1. The summed E-state index contributed by atoms with van der Waals surface area (Å²) < 4.78 is 1.95. The van der Waals surface area contributed by atoms with E-state index in [0.717, 1.165) is 16.3 Å². The van der Waals surface area contributed by atoms with Crippen LogP contribution in [-0.4, -0.2) is 33.7 Å². The largest absolute Gasteiger partial charge is 0.345 e. The number of Topliss-reactive ketones (excluding diaryl/α,β-unsaturated/α-hetero) is 1. The average molecular weight is 390 g/mol. The molecule has 1 aliphatic rings. The first-order valence-electron chi connectivity index (χ1n) is 9.18. The Hall–Kier alpha value is -3.66. The van der Waals surface area contributed by atoms with Crippen molar-refractivity contribution in [1.82, 2.24) is 14.8 Å². The van der Waals surface area contributed by atoms with E-state index in [1.165, 1.54) is 0 Å². The van der Waals surface area contributed by atoms with Crippen LogP contribution in [0, 0.1) is 25.2 Å². The lowest BCUT2D eigenvalue weighted by Crippen LogP contribution is -2.41. The Labute approximate surface area is 169 Å². The van der Waals surface area contributed by atoms with E-state index >= 15 is 0 Å². The summed E-state index contributed by atoms with van der Waals surface area (Å²) >= 11 is 0. The second-order valence-electron chi connectivity index (χ2n) is 7.24. The highest BCUT2D eigenvalue weighted by Gasteiger charge is 2.49. The highest BCUT2D eigenvalue weighted by Crippen LogP contribution is 2.29. The summed E-state index contributed by atoms with van der Waals surface area (Å²) in [5.74, 6) is -0.804. The summed E-state index contributed by atoms with van der Waals surface area (Å²) in [4.78, 5) is 39.3. The number of aryl methyl sites for hydroxylation is 1. The Balaban J connectivity index is 1.85. The average Bonchev–Trinajstić information content (AvgIpc) is 3.11. The molecular formula is C22H22N4O3. The Morgan fingerprint density at radius 1 is 1.28 bits per heavy atom. The van der Waals surface area contributed by atoms with Crippen molar-refractivity contribution in [1.29, 1.82) is 5.26 Å². The van der Waals surface area contributed by atoms with Crippen LogP contribution >= 0.6 is 0 Å². The first-order valence-corrected chi connectivity index (χ1v) is 9.18. The summed E-state index contributed by atoms with van der Waals surface area (Å²) in [6.45, 7) is 9.27. The summed E-state index contributed by atoms with van der Waals surface area (Å²) in [6, 6.07) is 9.59. The van der Waals surface area contributed by atoms with Gasteiger partial charge in [0.15, 0.2) is 5.78 Å². The minimum absolute atomic E-state index is 0.305. The predicted molar refractivity (Wildman–Crippen MR) is 107 cm³/mol. The molecule has 1 aromatic carbocycles. The smallest absolute Gasteiger partial charge is 0.325 e. The van der Waals surface area contributed by atoms with Crippen molar-refractivity contribution in [2.24, 2.45) is 0 Å². The van der Waals surface area contributed by atoms with Gasteiger partial charge in [-0.05, 0) is 44.5 Å². The summed E-state index contributed by atoms with van der Waals surface area (Å²) in [5.41, 5.74) is 1.88. The third-order valence-electron chi connectivity index (χ3n) is 5.35. The molecule has 2 heterocycles. The minimum Gasteiger partial charge on any atom is -0.345 e. The fraction of sp³-hybridized carbons (Fsp3) is 0.273. The Bertz CT molecular complexity index is 1060. The number of allylic oxidation sites excluding steroid dienone is 1. The van der Waals surface area contributed by atoms with E-state index in [9.17, 15) is 14.4 Å². The van der Waals surface area contributed by atoms with E-state index in [2.05, 4.69) is 11.9 Å². The maximum atomic E-state index is 13.0. The number of nitrogens with zero attached hydrogens (tertiary/aromatic N) is 3. The van der Waals surface area contributed by atoms with Gasteiger partial charge in [-0.15, -0.1) is 6.58 Å². The third kappa shape index (κ3) is 3.34. The molecule has 1 N–H and O–H groups in total. The summed E-state index contributed by atoms with van der Waals surface area (Å²) in [5, 5.41) is 11.6. The molecule has 1 atom stereocenters. The highest BCUT2D eigenvalue weighted by atomic mass is 16.2. The fourth-order valence-corrected chi connectivity index (χ4v) is 3.64. The first-order chi connectivity index (χ1) is 13.7. The fourth-order valence-electron chi connectivity index (χ4n) is 3.64. The Kier molecular flexibility index (Phi) is 5.12. The zero-order chi connectivity index (χ0) is 21.3. The van der Waals surface area contributed by atoms with Crippen molar-refractivity contribution >= 4 is 17.7 Å². The molecule has 0 saturated carbocycles. The van der Waals surface area contributed by atoms with E-state index in [1.54, 1.807) is 43.3 Å². The van der Waals surface area contributed by atoms with Crippen molar-refractivity contribution in [2.75, 3.05) is 6.54 Å². The number of benzene rings is 1. The molecule has 1 unspecified atom stereocenters. The SMILES string of the molecule is C=CCn1c(C)cc(C(=O)CN2C(=O)NC(C)(c3ccc(C#N)cc3)C2=O)c1C. The molecule has 1 aliphatic heterocycles. The molecule has 0 radical (unpaired) electrons. The van der Waals surface area contributed by atoms with Crippen LogP contribution < -0.4 is 5.32 Å². The van der Waals surface area contributed by atoms with Crippen molar-refractivity contribution in [3.63, 3.8) is 0 Å². The lowest BCUT2D eigenvalue weighted by molar-refractivity contribution is -0.130. The maximum absolute atomic E-state index is 13.0. The monoisotopic (exact) mass is 390 g/mol. The van der Waals surface area contributed by atoms with Gasteiger partial charge in [-0.2, -0.15) is 5.26 Å². The zero-order valence-electron chi connectivity index (χ0n) is 16.7. The zero-order valence-corrected chi connectivity index (χ0v) is 16.7. The van der Waals surface area contributed by atoms with E-state index < -0.39 is 17.5 Å². The first kappa shape index (κ1) is 20.1. The van der Waals surface area contributed by atoms with Crippen LogP contribution in [0.5, 0.6) is 0 Å². The van der Waals surface area contributed by atoms with Crippen LogP contribution in [0.2, 0.25) is 0 Å². The topological polar surface area (TPSA) is 95.2 Å². The number of amides is 3. The van der Waals surface area contributed by atoms with Crippen LogP contribution in [0.15, 0.2) is 43.0 Å². The van der Waals surface area contributed by atoms with Gasteiger partial charge in [0.05, 0.1) is 18.2 Å². The summed E-state index contributed by atoms with van der Waals surface area (Å²) in [7, 11) is 0. The van der Waals surface area contributed by atoms with Crippen LogP contribution in [-0.2, 0) is 16.9 Å². The Morgan fingerprint density at radius 3 is 2.52 bits per heavy atom. The van der Waals surface area contributed by atoms with Crippen molar-refractivity contribution < 1.29 is 14.4 Å². The standard InChI is InChI=1S/C22H22N4O3/c1-5-10-25-14(2)11-18(15(25)3)19(27)13-26-20(28)22(4,24-21(26)29)17-8-6-16(12-23)7-9-17/h5-9,11H,1,10,13H2,2-4H3,(H,24,29). The van der Waals surface area contributed by atoms with Gasteiger partial charge in [0, 0.05) is 23.5 Å². The van der Waals surface area contributed by atoms with Crippen LogP contribution in [0.3, 0.4) is 0 Å². The van der Waals surface area contributed by atoms with Gasteiger partial charge >= 0.3 is 6.03 Å². The molecule has 1 fully saturated rings. The maximum Gasteiger partial charge on any atom is 0.325 e. The minimum atomic E-state index is -1.29. The molecule has 2 aromatic rings. The number of ketones is 1. The molecule has 29 heavy (non-hydrogen) atoms. The number of nitrogens with one attached hydrogen (secondary N) is 1. The van der Waals surface area contributed by atoms with E-state index in [0.29, 0.717) is 23.2 Å². The van der Waals surface area contributed by atoms with Gasteiger partial charge in [-0.1, -0.05) is 18.2 Å². The molecule has 7 nitrogen and oxygen atoms in total. The lowest BCUT2D eigenvalue weighted by Gasteiger charge is -2.22. The second-order valence-corrected chi connectivity index (χ2v) is 7.24. The number of nitriles is 1. The van der Waals surface area contributed by atoms with Crippen molar-refractivity contribution in [2.45, 2.75) is 32.9 Å². The number of aromatic nitrogens is 1. The van der Waals surface area contributed by atoms with Crippen LogP contribution in [0.4, 0.5) is 4.79 Å². The molecule has 7 heteroatoms. The third-order valence-corrected chi connectivity index (χ3v) is 5.35. The normalized spacial score (nSPS) is 18.5. The molecule has 1 aromatic heterocycles. The van der Waals surface area contributed by atoms with Gasteiger partial charge in [0.2, 0.25) is 0 Å². The molecule has 1 saturated heterocycles. The van der Waals surface area contributed by atoms with Gasteiger partial charge < -0.3 is 9.88 Å². The molecular weight excluding hydrogens is 368 g/mol. The summed E-state index contributed by atoms with van der Waals surface area (Å²) in [6.07, 6.45) is 1.74. The number of urea groups is 1. The molecule has 148 valence electrons. The van der Waals surface area contributed by atoms with E-state index in [4.69, 9.17) is 5.26 Å². The number of imide groups is 1. The van der Waals surface area contributed by atoms with Crippen LogP contribution in [0.1, 0.15) is 39.8 Å². The second kappa shape index (κ2) is 7.40. The number of hydrogen-bond acceptors (Lipinski definition) is 4. The Morgan fingerprint density at radius 2 is 1.93 bits per heavy atom. The molecule has 3 rings (SSSR count). The number of carbonyl (C=O) groups excluding carboxylic acids is 3. The molecule has 3 amide bonds. The highest BCUT2D eigenvalue weighted by molar-refractivity contribution is 6.11. The van der Waals surface area contributed by atoms with Gasteiger partial charge in [0.1, 0.15) is 5.54 Å². The van der Waals surface area contributed by atoms with E-state index in [-0.39, 0.29) is 12.3 Å². The van der Waals surface area contributed by atoms with Crippen molar-refractivity contribution in [3.8, 4) is 6.07 Å². The van der Waals surface area contributed by atoms with Gasteiger partial charge in [-0.3, -0.25) is 14.5 Å². The predicted octanol–water partition coefficient (Wildman–Crippen LogP) is 2.81. The van der Waals surface area contributed by atoms with Crippen LogP contribution in [0.25, 0.3) is 0 Å².